The van der Waals surface area contributed by atoms with Gasteiger partial charge in [0.25, 0.3) is 0 Å². The minimum absolute atomic E-state index is 0.289. The molecule has 3 nitrogen and oxygen atoms in total. The summed E-state index contributed by atoms with van der Waals surface area (Å²) >= 11 is 6.12. The number of methoxy groups -OCH3 is 2. The third kappa shape index (κ3) is 6.68. The van der Waals surface area contributed by atoms with E-state index in [0.29, 0.717) is 6.04 Å². The van der Waals surface area contributed by atoms with Crippen LogP contribution in [0.4, 0.5) is 0 Å². The van der Waals surface area contributed by atoms with Crippen molar-refractivity contribution in [3.8, 4) is 5.75 Å². The average molecular weight is 314 g/mol. The van der Waals surface area contributed by atoms with Gasteiger partial charge in [-0.3, -0.25) is 0 Å². The molecule has 1 rings (SSSR count). The summed E-state index contributed by atoms with van der Waals surface area (Å²) in [6.45, 7) is 5.31. The van der Waals surface area contributed by atoms with Crippen LogP contribution in [0.3, 0.4) is 0 Å². The Balaban J connectivity index is 2.72. The molecule has 0 amide bonds. The van der Waals surface area contributed by atoms with Crippen LogP contribution in [0.2, 0.25) is 5.02 Å². The molecule has 0 radical (unpaired) electrons. The van der Waals surface area contributed by atoms with Crippen LogP contribution < -0.4 is 10.1 Å². The molecule has 2 atom stereocenters. The van der Waals surface area contributed by atoms with Crippen LogP contribution in [0.1, 0.15) is 38.7 Å². The first kappa shape index (κ1) is 18.3. The van der Waals surface area contributed by atoms with Crippen molar-refractivity contribution in [3.05, 3.63) is 28.8 Å². The number of hydrogen-bond donors (Lipinski definition) is 1. The number of rotatable bonds is 10. The highest BCUT2D eigenvalue weighted by Gasteiger charge is 2.14. The molecule has 2 unspecified atom stereocenters. The van der Waals surface area contributed by atoms with Gasteiger partial charge < -0.3 is 14.8 Å². The van der Waals surface area contributed by atoms with Gasteiger partial charge in [-0.15, -0.1) is 0 Å². The first-order chi connectivity index (χ1) is 10.1. The van der Waals surface area contributed by atoms with Crippen LogP contribution in [-0.4, -0.2) is 32.9 Å². The molecule has 120 valence electrons. The highest BCUT2D eigenvalue weighted by molar-refractivity contribution is 6.30. The molecule has 0 spiro atoms. The zero-order valence-electron chi connectivity index (χ0n) is 13.6. The molecule has 0 aliphatic carbocycles. The summed E-state index contributed by atoms with van der Waals surface area (Å²) in [6, 6.07) is 6.22. The van der Waals surface area contributed by atoms with Gasteiger partial charge in [0.2, 0.25) is 0 Å². The molecule has 0 aromatic heterocycles. The highest BCUT2D eigenvalue weighted by Crippen LogP contribution is 2.24. The highest BCUT2D eigenvalue weighted by atomic mass is 35.5. The van der Waals surface area contributed by atoms with E-state index >= 15 is 0 Å². The van der Waals surface area contributed by atoms with E-state index in [9.17, 15) is 0 Å². The van der Waals surface area contributed by atoms with Crippen LogP contribution in [0.15, 0.2) is 18.2 Å². The van der Waals surface area contributed by atoms with Gasteiger partial charge in [0, 0.05) is 18.2 Å². The molecule has 1 N–H and O–H groups in total. The standard InChI is InChI=1S/C17H28ClNO2/c1-5-10-19-16(8-6-13(2)20-3)12-14-11-15(18)7-9-17(14)21-4/h7,9,11,13,16,19H,5-6,8,10,12H2,1-4H3. The fraction of sp³-hybridized carbons (Fsp3) is 0.647. The van der Waals surface area contributed by atoms with Gasteiger partial charge in [0.05, 0.1) is 13.2 Å². The molecule has 4 heteroatoms. The van der Waals surface area contributed by atoms with Crippen LogP contribution in [0.25, 0.3) is 0 Å². The fourth-order valence-electron chi connectivity index (χ4n) is 2.35. The Labute approximate surface area is 134 Å². The van der Waals surface area contributed by atoms with E-state index in [4.69, 9.17) is 21.1 Å². The van der Waals surface area contributed by atoms with Gasteiger partial charge in [-0.1, -0.05) is 18.5 Å². The molecule has 0 saturated heterocycles. The minimum atomic E-state index is 0.289. The molecule has 1 aromatic rings. The Hall–Kier alpha value is -0.770. The van der Waals surface area contributed by atoms with E-state index in [1.54, 1.807) is 14.2 Å². The maximum Gasteiger partial charge on any atom is 0.122 e. The van der Waals surface area contributed by atoms with E-state index < -0.39 is 0 Å². The number of hydrogen-bond acceptors (Lipinski definition) is 3. The average Bonchev–Trinajstić information content (AvgIpc) is 2.49. The Kier molecular flexibility index (Phi) is 8.74. The summed E-state index contributed by atoms with van der Waals surface area (Å²) in [5, 5.41) is 4.37. The third-order valence-electron chi connectivity index (χ3n) is 3.72. The van der Waals surface area contributed by atoms with E-state index in [1.807, 2.05) is 18.2 Å². The van der Waals surface area contributed by atoms with Crippen LogP contribution in [-0.2, 0) is 11.2 Å². The quantitative estimate of drug-likeness (QED) is 0.706. The summed E-state index contributed by atoms with van der Waals surface area (Å²) in [7, 11) is 3.47. The van der Waals surface area contributed by atoms with Gasteiger partial charge in [0.1, 0.15) is 5.75 Å². The molecule has 1 aromatic carbocycles. The van der Waals surface area contributed by atoms with Crippen molar-refractivity contribution in [2.75, 3.05) is 20.8 Å². The maximum absolute atomic E-state index is 6.12. The number of halogens is 1. The summed E-state index contributed by atoms with van der Waals surface area (Å²) in [5.74, 6) is 0.905. The van der Waals surface area contributed by atoms with E-state index in [-0.39, 0.29) is 6.10 Å². The summed E-state index contributed by atoms with van der Waals surface area (Å²) in [5.41, 5.74) is 1.16. The van der Waals surface area contributed by atoms with E-state index in [0.717, 1.165) is 48.6 Å². The van der Waals surface area contributed by atoms with Gasteiger partial charge in [-0.05, 0) is 62.9 Å². The number of ether oxygens (including phenoxy) is 2. The second-order valence-electron chi connectivity index (χ2n) is 5.44. The third-order valence-corrected chi connectivity index (χ3v) is 3.95. The Morgan fingerprint density at radius 3 is 2.62 bits per heavy atom. The summed E-state index contributed by atoms with van der Waals surface area (Å²) < 4.78 is 10.8. The lowest BCUT2D eigenvalue weighted by molar-refractivity contribution is 0.106. The lowest BCUT2D eigenvalue weighted by Gasteiger charge is -2.21. The van der Waals surface area contributed by atoms with Crippen molar-refractivity contribution in [3.63, 3.8) is 0 Å². The monoisotopic (exact) mass is 313 g/mol. The zero-order valence-corrected chi connectivity index (χ0v) is 14.4. The lowest BCUT2D eigenvalue weighted by atomic mass is 9.99. The molecule has 0 aliphatic heterocycles. The van der Waals surface area contributed by atoms with Gasteiger partial charge in [-0.25, -0.2) is 0 Å². The Bertz CT molecular complexity index is 412. The van der Waals surface area contributed by atoms with Gasteiger partial charge in [-0.2, -0.15) is 0 Å². The second kappa shape index (κ2) is 10.0. The van der Waals surface area contributed by atoms with Crippen molar-refractivity contribution < 1.29 is 9.47 Å². The molecule has 0 heterocycles. The van der Waals surface area contributed by atoms with E-state index in [2.05, 4.69) is 19.2 Å². The van der Waals surface area contributed by atoms with Gasteiger partial charge >= 0.3 is 0 Å². The van der Waals surface area contributed by atoms with Crippen molar-refractivity contribution in [1.82, 2.24) is 5.32 Å². The second-order valence-corrected chi connectivity index (χ2v) is 5.87. The SMILES string of the molecule is CCCNC(CCC(C)OC)Cc1cc(Cl)ccc1OC. The van der Waals surface area contributed by atoms with Crippen molar-refractivity contribution in [1.29, 1.82) is 0 Å². The smallest absolute Gasteiger partial charge is 0.122 e. The predicted molar refractivity (Wildman–Crippen MR) is 89.5 cm³/mol. The molecule has 0 aliphatic rings. The summed E-state index contributed by atoms with van der Waals surface area (Å²) in [6.07, 6.45) is 4.45. The predicted octanol–water partition coefficient (Wildman–Crippen LogP) is 4.07. The van der Waals surface area contributed by atoms with Crippen LogP contribution in [0.5, 0.6) is 5.75 Å². The molecule has 0 saturated carbocycles. The molecular formula is C17H28ClNO2. The lowest BCUT2D eigenvalue weighted by Crippen LogP contribution is -2.32. The maximum atomic E-state index is 6.12. The molecule has 21 heavy (non-hydrogen) atoms. The van der Waals surface area contributed by atoms with Crippen LogP contribution in [0, 0.1) is 0 Å². The largest absolute Gasteiger partial charge is 0.496 e. The van der Waals surface area contributed by atoms with Gasteiger partial charge in [0.15, 0.2) is 0 Å². The fourth-order valence-corrected chi connectivity index (χ4v) is 2.55. The van der Waals surface area contributed by atoms with Crippen molar-refractivity contribution >= 4 is 11.6 Å². The minimum Gasteiger partial charge on any atom is -0.496 e. The first-order valence-corrected chi connectivity index (χ1v) is 8.07. The van der Waals surface area contributed by atoms with Crippen molar-refractivity contribution in [2.24, 2.45) is 0 Å². The molecule has 0 bridgehead atoms. The van der Waals surface area contributed by atoms with Crippen LogP contribution >= 0.6 is 11.6 Å². The Morgan fingerprint density at radius 2 is 2.00 bits per heavy atom. The number of nitrogens with one attached hydrogen (secondary N) is 1. The first-order valence-electron chi connectivity index (χ1n) is 7.69. The Morgan fingerprint density at radius 1 is 1.24 bits per heavy atom. The molecular weight excluding hydrogens is 286 g/mol. The van der Waals surface area contributed by atoms with E-state index in [1.165, 1.54) is 0 Å². The van der Waals surface area contributed by atoms with Crippen molar-refractivity contribution in [2.45, 2.75) is 51.7 Å². The summed E-state index contributed by atoms with van der Waals surface area (Å²) in [4.78, 5) is 0. The topological polar surface area (TPSA) is 30.5 Å². The zero-order chi connectivity index (χ0) is 15.7. The number of benzene rings is 1. The normalized spacial score (nSPS) is 14.0. The molecule has 0 fully saturated rings.